The van der Waals surface area contributed by atoms with Gasteiger partial charge in [0.15, 0.2) is 0 Å². The number of rotatable bonds is 18. The molecule has 0 aromatic rings. The zero-order valence-corrected chi connectivity index (χ0v) is 23.7. The number of amides is 3. The van der Waals surface area contributed by atoms with Crippen molar-refractivity contribution in [1.82, 2.24) is 10.6 Å². The number of hydrogen-bond donors (Lipinski definition) is 4. The van der Waals surface area contributed by atoms with Gasteiger partial charge in [-0.1, -0.05) is 20.8 Å². The van der Waals surface area contributed by atoms with Crippen molar-refractivity contribution in [3.05, 3.63) is 0 Å². The molecule has 0 aliphatic rings. The van der Waals surface area contributed by atoms with Gasteiger partial charge >= 0.3 is 14.9 Å². The monoisotopic (exact) mass is 523 g/mol. The standard InChI is InChI=1S/C17H36N2O6Si.C6H13NO2/c1-6-15(5)16(20)18-12-13-22-17(21)19-11-10-14-26(23-7-2,24-8-3)25-9-4;1-3-6(2,4-8)5(7)9/h15H,6-14H2,1-5H3,(H,18,20)(H,19,21);8H,3-4H2,1-2H3,(H2,7,9). The van der Waals surface area contributed by atoms with Crippen LogP contribution in [0.5, 0.6) is 0 Å². The quantitative estimate of drug-likeness (QED) is 0.157. The SMILES string of the molecule is CCC(C)(CO)C(N)=O.CCO[Si](CCCNC(=O)OCCNC(=O)C(C)CC)(OCC)OCC. The molecule has 0 rings (SSSR count). The third-order valence-corrected chi connectivity index (χ3v) is 8.59. The maximum Gasteiger partial charge on any atom is 0.500 e. The number of alkyl carbamates (subject to hydrolysis) is 1. The molecule has 0 spiro atoms. The van der Waals surface area contributed by atoms with Crippen LogP contribution in [0, 0.1) is 11.3 Å². The van der Waals surface area contributed by atoms with Gasteiger partial charge in [-0.25, -0.2) is 4.79 Å². The molecule has 0 heterocycles. The summed E-state index contributed by atoms with van der Waals surface area (Å²) in [4.78, 5) is 33.8. The molecule has 3 amide bonds. The highest BCUT2D eigenvalue weighted by Gasteiger charge is 2.39. The predicted molar refractivity (Wildman–Crippen MR) is 137 cm³/mol. The number of nitrogens with one attached hydrogen (secondary N) is 2. The van der Waals surface area contributed by atoms with Crippen molar-refractivity contribution in [3.63, 3.8) is 0 Å². The summed E-state index contributed by atoms with van der Waals surface area (Å²) >= 11 is 0. The van der Waals surface area contributed by atoms with E-state index in [2.05, 4.69) is 10.6 Å². The van der Waals surface area contributed by atoms with Gasteiger partial charge in [0.25, 0.3) is 0 Å². The minimum Gasteiger partial charge on any atom is -0.448 e. The summed E-state index contributed by atoms with van der Waals surface area (Å²) in [6.45, 7) is 15.3. The lowest BCUT2D eigenvalue weighted by Gasteiger charge is -2.28. The van der Waals surface area contributed by atoms with Gasteiger partial charge < -0.3 is 39.5 Å². The maximum atomic E-state index is 11.7. The first kappa shape index (κ1) is 35.4. The highest BCUT2D eigenvalue weighted by molar-refractivity contribution is 6.60. The van der Waals surface area contributed by atoms with Crippen molar-refractivity contribution in [1.29, 1.82) is 0 Å². The van der Waals surface area contributed by atoms with Gasteiger partial charge in [0.2, 0.25) is 11.8 Å². The molecule has 0 fully saturated rings. The molecule has 0 saturated heterocycles. The molecular weight excluding hydrogens is 474 g/mol. The van der Waals surface area contributed by atoms with Gasteiger partial charge in [0.1, 0.15) is 6.61 Å². The van der Waals surface area contributed by atoms with E-state index in [9.17, 15) is 14.4 Å². The number of aliphatic hydroxyl groups is 1. The molecule has 0 aliphatic carbocycles. The van der Waals surface area contributed by atoms with Crippen molar-refractivity contribution in [3.8, 4) is 0 Å². The Hall–Kier alpha value is -1.73. The van der Waals surface area contributed by atoms with Crippen molar-refractivity contribution in [2.24, 2.45) is 17.1 Å². The molecule has 2 atom stereocenters. The van der Waals surface area contributed by atoms with Crippen LogP contribution < -0.4 is 16.4 Å². The Morgan fingerprint density at radius 2 is 1.51 bits per heavy atom. The molecule has 0 bridgehead atoms. The molecule has 12 heteroatoms. The number of primary amides is 1. The van der Waals surface area contributed by atoms with Crippen LogP contribution in [0.1, 0.15) is 67.7 Å². The minimum atomic E-state index is -2.67. The first-order valence-corrected chi connectivity index (χ1v) is 14.4. The van der Waals surface area contributed by atoms with Crippen molar-refractivity contribution in [2.45, 2.75) is 73.8 Å². The molecule has 0 aromatic carbocycles. The van der Waals surface area contributed by atoms with Crippen LogP contribution in [-0.4, -0.2) is 77.9 Å². The number of carbonyl (C=O) groups excluding carboxylic acids is 3. The van der Waals surface area contributed by atoms with E-state index in [1.54, 1.807) is 6.92 Å². The second kappa shape index (κ2) is 20.5. The lowest BCUT2D eigenvalue weighted by atomic mass is 9.88. The molecule has 0 aromatic heterocycles. The van der Waals surface area contributed by atoms with Gasteiger partial charge in [0, 0.05) is 38.3 Å². The van der Waals surface area contributed by atoms with E-state index in [0.717, 1.165) is 6.42 Å². The van der Waals surface area contributed by atoms with Crippen molar-refractivity contribution >= 4 is 26.7 Å². The second-order valence-corrected chi connectivity index (χ2v) is 10.9. The molecular formula is C23H49N3O8Si. The Labute approximate surface area is 212 Å². The fourth-order valence-electron chi connectivity index (χ4n) is 2.59. The zero-order chi connectivity index (χ0) is 27.3. The Kier molecular flexibility index (Phi) is 20.7. The Morgan fingerprint density at radius 1 is 0.971 bits per heavy atom. The second-order valence-electron chi connectivity index (χ2n) is 8.19. The molecule has 0 saturated carbocycles. The van der Waals surface area contributed by atoms with E-state index < -0.39 is 26.2 Å². The van der Waals surface area contributed by atoms with Crippen LogP contribution in [0.15, 0.2) is 0 Å². The van der Waals surface area contributed by atoms with E-state index in [1.165, 1.54) is 0 Å². The molecule has 2 unspecified atom stereocenters. The Bertz CT molecular complexity index is 574. The average molecular weight is 524 g/mol. The van der Waals surface area contributed by atoms with Gasteiger partial charge in [-0.15, -0.1) is 0 Å². The first-order valence-electron chi connectivity index (χ1n) is 12.5. The summed E-state index contributed by atoms with van der Waals surface area (Å²) in [6, 6.07) is 0.633. The number of hydrogen-bond acceptors (Lipinski definition) is 8. The normalized spacial score (nSPS) is 13.6. The summed E-state index contributed by atoms with van der Waals surface area (Å²) in [5.41, 5.74) is 4.27. The summed E-state index contributed by atoms with van der Waals surface area (Å²) in [6.07, 6.45) is 1.54. The van der Waals surface area contributed by atoms with Crippen LogP contribution in [0.25, 0.3) is 0 Å². The van der Waals surface area contributed by atoms with Gasteiger partial charge in [-0.2, -0.15) is 0 Å². The first-order chi connectivity index (χ1) is 16.5. The fraction of sp³-hybridized carbons (Fsp3) is 0.870. The Balaban J connectivity index is 0. The van der Waals surface area contributed by atoms with E-state index in [-0.39, 0.29) is 25.0 Å². The largest absolute Gasteiger partial charge is 0.500 e. The number of ether oxygens (including phenoxy) is 1. The zero-order valence-electron chi connectivity index (χ0n) is 22.7. The molecule has 0 radical (unpaired) electrons. The summed E-state index contributed by atoms with van der Waals surface area (Å²) in [7, 11) is -2.67. The van der Waals surface area contributed by atoms with Crippen molar-refractivity contribution < 1.29 is 37.5 Å². The topological polar surface area (TPSA) is 158 Å². The van der Waals surface area contributed by atoms with Gasteiger partial charge in [-0.05, 0) is 47.0 Å². The molecule has 35 heavy (non-hydrogen) atoms. The Morgan fingerprint density at radius 3 is 1.89 bits per heavy atom. The molecule has 5 N–H and O–H groups in total. The molecule has 0 aliphatic heterocycles. The van der Waals surface area contributed by atoms with Gasteiger partial charge in [-0.3, -0.25) is 9.59 Å². The van der Waals surface area contributed by atoms with E-state index in [4.69, 9.17) is 28.9 Å². The van der Waals surface area contributed by atoms with Crippen molar-refractivity contribution in [2.75, 3.05) is 46.1 Å². The highest BCUT2D eigenvalue weighted by atomic mass is 28.4. The van der Waals surface area contributed by atoms with E-state index in [0.29, 0.717) is 51.8 Å². The summed E-state index contributed by atoms with van der Waals surface area (Å²) in [5, 5.41) is 14.1. The summed E-state index contributed by atoms with van der Waals surface area (Å²) < 4.78 is 22.3. The van der Waals surface area contributed by atoms with Crippen LogP contribution in [0.3, 0.4) is 0 Å². The molecule has 208 valence electrons. The van der Waals surface area contributed by atoms with Gasteiger partial charge in [0.05, 0.1) is 18.6 Å². The number of aliphatic hydroxyl groups excluding tert-OH is 1. The summed E-state index contributed by atoms with van der Waals surface area (Å²) in [5.74, 6) is -0.498. The van der Waals surface area contributed by atoms with Crippen LogP contribution >= 0.6 is 0 Å². The average Bonchev–Trinajstić information content (AvgIpc) is 2.84. The third kappa shape index (κ3) is 15.8. The third-order valence-electron chi connectivity index (χ3n) is 5.44. The predicted octanol–water partition coefficient (Wildman–Crippen LogP) is 2.19. The number of nitrogens with two attached hydrogens (primary N) is 1. The maximum absolute atomic E-state index is 11.7. The lowest BCUT2D eigenvalue weighted by molar-refractivity contribution is -0.129. The van der Waals surface area contributed by atoms with E-state index in [1.807, 2.05) is 41.5 Å². The van der Waals surface area contributed by atoms with Crippen LogP contribution in [0.4, 0.5) is 4.79 Å². The lowest BCUT2D eigenvalue weighted by Crippen LogP contribution is -2.46. The number of carbonyl (C=O) groups is 3. The fourth-order valence-corrected chi connectivity index (χ4v) is 5.20. The molecule has 11 nitrogen and oxygen atoms in total. The van der Waals surface area contributed by atoms with Crippen LogP contribution in [0.2, 0.25) is 6.04 Å². The van der Waals surface area contributed by atoms with E-state index >= 15 is 0 Å². The highest BCUT2D eigenvalue weighted by Crippen LogP contribution is 2.18. The van der Waals surface area contributed by atoms with Crippen LogP contribution in [-0.2, 0) is 27.6 Å². The smallest absolute Gasteiger partial charge is 0.448 e. The minimum absolute atomic E-state index is 0.0272.